The van der Waals surface area contributed by atoms with Crippen LogP contribution >= 0.6 is 0 Å². The molecular weight excluding hydrogens is 164 g/mol. The molecule has 1 heterocycles. The molecule has 3 heteroatoms. The molecule has 0 radical (unpaired) electrons. The molecule has 0 fully saturated rings. The van der Waals surface area contributed by atoms with Gasteiger partial charge in [0.15, 0.2) is 0 Å². The topological polar surface area (TPSA) is 34.9 Å². The highest BCUT2D eigenvalue weighted by atomic mass is 16.1. The lowest BCUT2D eigenvalue weighted by molar-refractivity contribution is 0.625. The summed E-state index contributed by atoms with van der Waals surface area (Å²) in [7, 11) is 0. The van der Waals surface area contributed by atoms with Crippen LogP contribution < -0.4 is 5.56 Å². The summed E-state index contributed by atoms with van der Waals surface area (Å²) in [5, 5.41) is 0. The molecule has 0 aliphatic heterocycles. The molecular formula is C10H16N2O. The zero-order valence-corrected chi connectivity index (χ0v) is 8.45. The van der Waals surface area contributed by atoms with Crippen molar-refractivity contribution in [3.05, 3.63) is 28.4 Å². The Morgan fingerprint density at radius 3 is 2.77 bits per heavy atom. The van der Waals surface area contributed by atoms with Crippen LogP contribution in [0.2, 0.25) is 0 Å². The van der Waals surface area contributed by atoms with Crippen molar-refractivity contribution in [1.82, 2.24) is 9.55 Å². The van der Waals surface area contributed by atoms with E-state index < -0.39 is 0 Å². The predicted molar refractivity (Wildman–Crippen MR) is 52.9 cm³/mol. The van der Waals surface area contributed by atoms with Gasteiger partial charge >= 0.3 is 0 Å². The second-order valence-electron chi connectivity index (χ2n) is 3.50. The van der Waals surface area contributed by atoms with Gasteiger partial charge in [-0.3, -0.25) is 9.36 Å². The minimum absolute atomic E-state index is 0.104. The maximum absolute atomic E-state index is 11.7. The van der Waals surface area contributed by atoms with Crippen LogP contribution in [0.4, 0.5) is 0 Å². The van der Waals surface area contributed by atoms with E-state index in [0.29, 0.717) is 0 Å². The first-order valence-electron chi connectivity index (χ1n) is 4.71. The zero-order valence-electron chi connectivity index (χ0n) is 8.45. The molecule has 0 aromatic carbocycles. The van der Waals surface area contributed by atoms with Gasteiger partial charge in [-0.2, -0.15) is 0 Å². The molecule has 13 heavy (non-hydrogen) atoms. The standard InChI is InChI=1S/C10H16N2O/c1-4-5-12-7-11-6-9(8(2)3)10(12)13/h6-8H,4-5H2,1-3H3. The van der Waals surface area contributed by atoms with Crippen molar-refractivity contribution in [2.75, 3.05) is 0 Å². The second-order valence-corrected chi connectivity index (χ2v) is 3.50. The molecule has 0 N–H and O–H groups in total. The second kappa shape index (κ2) is 4.21. The normalized spacial score (nSPS) is 10.8. The minimum Gasteiger partial charge on any atom is -0.299 e. The third kappa shape index (κ3) is 2.17. The van der Waals surface area contributed by atoms with Crippen LogP contribution in [0.5, 0.6) is 0 Å². The zero-order chi connectivity index (χ0) is 9.84. The summed E-state index contributed by atoms with van der Waals surface area (Å²) >= 11 is 0. The van der Waals surface area contributed by atoms with Gasteiger partial charge < -0.3 is 0 Å². The molecule has 3 nitrogen and oxygen atoms in total. The largest absolute Gasteiger partial charge is 0.299 e. The van der Waals surface area contributed by atoms with Gasteiger partial charge in [0, 0.05) is 18.3 Å². The van der Waals surface area contributed by atoms with Crippen molar-refractivity contribution in [2.45, 2.75) is 39.7 Å². The Labute approximate surface area is 78.4 Å². The Balaban J connectivity index is 3.11. The summed E-state index contributed by atoms with van der Waals surface area (Å²) in [5.74, 6) is 0.254. The molecule has 1 aromatic rings. The molecule has 72 valence electrons. The Kier molecular flexibility index (Phi) is 3.23. The molecule has 0 atom stereocenters. The average Bonchev–Trinajstić information content (AvgIpc) is 2.08. The first-order valence-corrected chi connectivity index (χ1v) is 4.71. The Bertz CT molecular complexity index is 328. The number of nitrogens with zero attached hydrogens (tertiary/aromatic N) is 2. The van der Waals surface area contributed by atoms with Crippen LogP contribution in [0.25, 0.3) is 0 Å². The fraction of sp³-hybridized carbons (Fsp3) is 0.600. The van der Waals surface area contributed by atoms with Gasteiger partial charge in [0.25, 0.3) is 5.56 Å². The van der Waals surface area contributed by atoms with E-state index in [1.165, 1.54) is 0 Å². The lowest BCUT2D eigenvalue weighted by atomic mass is 10.1. The fourth-order valence-corrected chi connectivity index (χ4v) is 1.26. The first kappa shape index (κ1) is 9.96. The van der Waals surface area contributed by atoms with Gasteiger partial charge in [0.2, 0.25) is 0 Å². The molecule has 0 saturated heterocycles. The molecule has 0 bridgehead atoms. The lowest BCUT2D eigenvalue weighted by Crippen LogP contribution is -2.24. The molecule has 0 aliphatic rings. The molecule has 0 amide bonds. The van der Waals surface area contributed by atoms with Crippen LogP contribution in [0, 0.1) is 0 Å². The Hall–Kier alpha value is -1.12. The number of hydrogen-bond acceptors (Lipinski definition) is 2. The van der Waals surface area contributed by atoms with Crippen molar-refractivity contribution in [1.29, 1.82) is 0 Å². The van der Waals surface area contributed by atoms with Crippen LogP contribution in [-0.4, -0.2) is 9.55 Å². The van der Waals surface area contributed by atoms with Gasteiger partial charge in [-0.1, -0.05) is 20.8 Å². The smallest absolute Gasteiger partial charge is 0.256 e. The SMILES string of the molecule is CCCn1cncc(C(C)C)c1=O. The summed E-state index contributed by atoms with van der Waals surface area (Å²) in [6.45, 7) is 6.82. The summed E-state index contributed by atoms with van der Waals surface area (Å²) in [6.07, 6.45) is 4.24. The molecule has 0 unspecified atom stereocenters. The monoisotopic (exact) mass is 180 g/mol. The van der Waals surface area contributed by atoms with Crippen molar-refractivity contribution < 1.29 is 0 Å². The van der Waals surface area contributed by atoms with Crippen LogP contribution in [0.1, 0.15) is 38.7 Å². The molecule has 1 rings (SSSR count). The van der Waals surface area contributed by atoms with Gasteiger partial charge in [0.05, 0.1) is 6.33 Å². The van der Waals surface area contributed by atoms with E-state index in [9.17, 15) is 4.79 Å². The summed E-state index contributed by atoms with van der Waals surface area (Å²) < 4.78 is 1.68. The number of rotatable bonds is 3. The first-order chi connectivity index (χ1) is 6.16. The summed E-state index contributed by atoms with van der Waals surface area (Å²) in [6, 6.07) is 0. The molecule has 1 aromatic heterocycles. The third-order valence-electron chi connectivity index (χ3n) is 2.01. The number of aryl methyl sites for hydroxylation is 1. The maximum Gasteiger partial charge on any atom is 0.256 e. The van der Waals surface area contributed by atoms with E-state index in [-0.39, 0.29) is 11.5 Å². The quantitative estimate of drug-likeness (QED) is 0.710. The minimum atomic E-state index is 0.104. The van der Waals surface area contributed by atoms with Gasteiger partial charge in [-0.05, 0) is 12.3 Å². The van der Waals surface area contributed by atoms with E-state index in [1.54, 1.807) is 17.1 Å². The Morgan fingerprint density at radius 1 is 1.54 bits per heavy atom. The number of aromatic nitrogens is 2. The highest BCUT2D eigenvalue weighted by molar-refractivity contribution is 5.08. The highest BCUT2D eigenvalue weighted by Crippen LogP contribution is 2.06. The Morgan fingerprint density at radius 2 is 2.23 bits per heavy atom. The van der Waals surface area contributed by atoms with Crippen molar-refractivity contribution in [2.24, 2.45) is 0 Å². The van der Waals surface area contributed by atoms with Crippen LogP contribution in [-0.2, 0) is 6.54 Å². The van der Waals surface area contributed by atoms with Crippen LogP contribution in [0.15, 0.2) is 17.3 Å². The molecule has 0 saturated carbocycles. The molecule has 0 spiro atoms. The van der Waals surface area contributed by atoms with Crippen molar-refractivity contribution in [3.63, 3.8) is 0 Å². The van der Waals surface area contributed by atoms with Crippen molar-refractivity contribution >= 4 is 0 Å². The third-order valence-corrected chi connectivity index (χ3v) is 2.01. The predicted octanol–water partition coefficient (Wildman–Crippen LogP) is 1.78. The number of hydrogen-bond donors (Lipinski definition) is 0. The van der Waals surface area contributed by atoms with Gasteiger partial charge in [0.1, 0.15) is 0 Å². The summed E-state index contributed by atoms with van der Waals surface area (Å²) in [4.78, 5) is 15.8. The van der Waals surface area contributed by atoms with E-state index >= 15 is 0 Å². The fourth-order valence-electron chi connectivity index (χ4n) is 1.26. The van der Waals surface area contributed by atoms with Gasteiger partial charge in [-0.25, -0.2) is 4.98 Å². The maximum atomic E-state index is 11.7. The lowest BCUT2D eigenvalue weighted by Gasteiger charge is -2.07. The molecule has 0 aliphatic carbocycles. The highest BCUT2D eigenvalue weighted by Gasteiger charge is 2.06. The van der Waals surface area contributed by atoms with E-state index in [0.717, 1.165) is 18.5 Å². The van der Waals surface area contributed by atoms with E-state index in [2.05, 4.69) is 11.9 Å². The van der Waals surface area contributed by atoms with Crippen molar-refractivity contribution in [3.8, 4) is 0 Å². The van der Waals surface area contributed by atoms with E-state index in [4.69, 9.17) is 0 Å². The van der Waals surface area contributed by atoms with E-state index in [1.807, 2.05) is 13.8 Å². The van der Waals surface area contributed by atoms with Crippen LogP contribution in [0.3, 0.4) is 0 Å². The van der Waals surface area contributed by atoms with Gasteiger partial charge in [-0.15, -0.1) is 0 Å². The summed E-state index contributed by atoms with van der Waals surface area (Å²) in [5.41, 5.74) is 0.905. The average molecular weight is 180 g/mol.